The Labute approximate surface area is 358 Å². The normalized spacial score (nSPS) is 12.8. The van der Waals surface area contributed by atoms with Crippen molar-refractivity contribution in [3.05, 3.63) is 206 Å². The Bertz CT molecular complexity index is 3430. The van der Waals surface area contributed by atoms with Crippen LogP contribution >= 0.6 is 0 Å². The fourth-order valence-electron chi connectivity index (χ4n) is 9.39. The molecule has 8 nitrogen and oxygen atoms in total. The maximum absolute atomic E-state index is 5.26. The van der Waals surface area contributed by atoms with Crippen LogP contribution in [0.2, 0.25) is 0 Å². The maximum Gasteiger partial charge on any atom is 0.238 e. The van der Waals surface area contributed by atoms with Crippen molar-refractivity contribution in [2.24, 2.45) is 0 Å². The van der Waals surface area contributed by atoms with Gasteiger partial charge in [-0.2, -0.15) is 9.97 Å². The van der Waals surface area contributed by atoms with Crippen LogP contribution in [0, 0.1) is 0 Å². The zero-order chi connectivity index (χ0) is 41.4. The van der Waals surface area contributed by atoms with Crippen LogP contribution < -0.4 is 4.90 Å². The lowest BCUT2D eigenvalue weighted by Gasteiger charge is -2.26. The highest BCUT2D eigenvalue weighted by Gasteiger charge is 2.36. The summed E-state index contributed by atoms with van der Waals surface area (Å²) in [5.41, 5.74) is 12.9. The molecule has 1 aliphatic rings. The highest BCUT2D eigenvalue weighted by Crippen LogP contribution is 2.51. The average molecular weight is 799 g/mol. The van der Waals surface area contributed by atoms with Crippen molar-refractivity contribution in [2.75, 3.05) is 4.90 Å². The summed E-state index contributed by atoms with van der Waals surface area (Å²) >= 11 is 0. The Morgan fingerprint density at radius 1 is 0.484 bits per heavy atom. The number of anilines is 3. The second kappa shape index (κ2) is 13.9. The zero-order valence-corrected chi connectivity index (χ0v) is 34.1. The van der Waals surface area contributed by atoms with Gasteiger partial charge in [-0.1, -0.05) is 129 Å². The SMILES string of the molecule is CC1(C)c2ccccc2-c2ccc(N(c3ccc4c(c3)c3ccc5c(ccn5-c5ccccc5)c3n4-c3nc(-c4ccccc4)nc(-c4ccccc4)n3)c3ncccn3)cc21. The summed E-state index contributed by atoms with van der Waals surface area (Å²) in [6.45, 7) is 4.62. The van der Waals surface area contributed by atoms with Crippen LogP contribution in [0.25, 0.3) is 78.2 Å². The molecule has 0 N–H and O–H groups in total. The van der Waals surface area contributed by atoms with Crippen molar-refractivity contribution in [3.63, 3.8) is 0 Å². The van der Waals surface area contributed by atoms with Crippen molar-refractivity contribution >= 4 is 50.0 Å². The molecule has 4 aromatic heterocycles. The van der Waals surface area contributed by atoms with E-state index in [0.717, 1.165) is 60.9 Å². The first-order chi connectivity index (χ1) is 30.5. The molecule has 0 fully saturated rings. The summed E-state index contributed by atoms with van der Waals surface area (Å²) in [5, 5.41) is 3.20. The van der Waals surface area contributed by atoms with E-state index >= 15 is 0 Å². The summed E-state index contributed by atoms with van der Waals surface area (Å²) in [4.78, 5) is 27.4. The molecule has 0 saturated carbocycles. The standard InChI is InChI=1S/C54H38N8/c1-54(2)45-22-13-12-21-40(45)41-25-23-39(34-46(41)54)61(52-55-30-14-31-56-52)38-24-27-48-44(33-38)42-26-28-47-43(29-32-60(47)37-19-10-5-11-20-37)49(42)62(48)53-58-50(35-15-6-3-7-16-35)57-51(59-53)36-17-8-4-9-18-36/h3-34H,1-2H3. The van der Waals surface area contributed by atoms with Crippen LogP contribution in [0.1, 0.15) is 25.0 Å². The Morgan fingerprint density at radius 2 is 1.10 bits per heavy atom. The van der Waals surface area contributed by atoms with Gasteiger partial charge in [0, 0.05) is 68.4 Å². The van der Waals surface area contributed by atoms with Crippen molar-refractivity contribution in [3.8, 4) is 45.5 Å². The van der Waals surface area contributed by atoms with Gasteiger partial charge < -0.3 is 4.57 Å². The van der Waals surface area contributed by atoms with Crippen molar-refractivity contribution in [2.45, 2.75) is 19.3 Å². The van der Waals surface area contributed by atoms with E-state index in [1.165, 1.54) is 22.3 Å². The van der Waals surface area contributed by atoms with Crippen LogP contribution in [-0.4, -0.2) is 34.1 Å². The predicted molar refractivity (Wildman–Crippen MR) is 250 cm³/mol. The quantitative estimate of drug-likeness (QED) is 0.160. The Kier molecular flexibility index (Phi) is 8.02. The minimum atomic E-state index is -0.175. The predicted octanol–water partition coefficient (Wildman–Crippen LogP) is 12.8. The number of hydrogen-bond donors (Lipinski definition) is 0. The lowest BCUT2D eigenvalue weighted by molar-refractivity contribution is 0.660. The summed E-state index contributed by atoms with van der Waals surface area (Å²) in [7, 11) is 0. The van der Waals surface area contributed by atoms with Gasteiger partial charge >= 0.3 is 0 Å². The van der Waals surface area contributed by atoms with Crippen molar-refractivity contribution in [1.82, 2.24) is 34.1 Å². The molecule has 0 bridgehead atoms. The fraction of sp³-hybridized carbons (Fsp3) is 0.0556. The Hall–Kier alpha value is -8.23. The topological polar surface area (TPSA) is 77.5 Å². The molecule has 7 aromatic carbocycles. The first-order valence-electron chi connectivity index (χ1n) is 20.8. The monoisotopic (exact) mass is 798 g/mol. The number of aromatic nitrogens is 7. The molecular formula is C54H38N8. The van der Waals surface area contributed by atoms with E-state index in [2.05, 4.69) is 137 Å². The molecule has 294 valence electrons. The molecule has 62 heavy (non-hydrogen) atoms. The van der Waals surface area contributed by atoms with Gasteiger partial charge in [-0.05, 0) is 82.9 Å². The van der Waals surface area contributed by atoms with E-state index in [0.29, 0.717) is 23.5 Å². The fourth-order valence-corrected chi connectivity index (χ4v) is 9.39. The van der Waals surface area contributed by atoms with E-state index in [-0.39, 0.29) is 5.41 Å². The number of hydrogen-bond acceptors (Lipinski definition) is 6. The largest absolute Gasteiger partial charge is 0.316 e. The molecule has 8 heteroatoms. The second-order valence-electron chi connectivity index (χ2n) is 16.3. The van der Waals surface area contributed by atoms with Gasteiger partial charge in [0.05, 0.1) is 16.6 Å². The summed E-state index contributed by atoms with van der Waals surface area (Å²) in [6.07, 6.45) is 5.75. The Balaban J connectivity index is 1.12. The van der Waals surface area contributed by atoms with Gasteiger partial charge in [-0.15, -0.1) is 0 Å². The van der Waals surface area contributed by atoms with E-state index in [1.54, 1.807) is 12.4 Å². The molecule has 0 atom stereocenters. The maximum atomic E-state index is 5.26. The highest BCUT2D eigenvalue weighted by molar-refractivity contribution is 6.19. The van der Waals surface area contributed by atoms with Gasteiger partial charge in [0.1, 0.15) is 0 Å². The lowest BCUT2D eigenvalue weighted by atomic mass is 9.82. The number of fused-ring (bicyclic) bond motifs is 8. The molecule has 0 saturated heterocycles. The van der Waals surface area contributed by atoms with Crippen LogP contribution in [0.4, 0.5) is 17.3 Å². The third-order valence-electron chi connectivity index (χ3n) is 12.3. The van der Waals surface area contributed by atoms with Crippen LogP contribution in [0.5, 0.6) is 0 Å². The third kappa shape index (κ3) is 5.57. The van der Waals surface area contributed by atoms with Crippen LogP contribution in [0.3, 0.4) is 0 Å². The first kappa shape index (κ1) is 35.7. The van der Waals surface area contributed by atoms with Crippen LogP contribution in [-0.2, 0) is 5.41 Å². The third-order valence-corrected chi connectivity index (χ3v) is 12.3. The minimum Gasteiger partial charge on any atom is -0.316 e. The van der Waals surface area contributed by atoms with Crippen molar-refractivity contribution in [1.29, 1.82) is 0 Å². The smallest absolute Gasteiger partial charge is 0.238 e. The van der Waals surface area contributed by atoms with Gasteiger partial charge in [0.15, 0.2) is 11.6 Å². The summed E-state index contributed by atoms with van der Waals surface area (Å²) in [6, 6.07) is 61.3. The van der Waals surface area contributed by atoms with E-state index in [4.69, 9.17) is 24.9 Å². The molecule has 12 rings (SSSR count). The highest BCUT2D eigenvalue weighted by atomic mass is 15.3. The van der Waals surface area contributed by atoms with Gasteiger partial charge in [-0.3, -0.25) is 9.47 Å². The van der Waals surface area contributed by atoms with E-state index in [1.807, 2.05) is 72.8 Å². The van der Waals surface area contributed by atoms with Gasteiger partial charge in [0.2, 0.25) is 11.9 Å². The summed E-state index contributed by atoms with van der Waals surface area (Å²) < 4.78 is 4.45. The molecule has 0 amide bonds. The number of para-hydroxylation sites is 1. The van der Waals surface area contributed by atoms with Gasteiger partial charge in [-0.25, -0.2) is 15.0 Å². The molecule has 11 aromatic rings. The second-order valence-corrected chi connectivity index (χ2v) is 16.3. The molecule has 1 aliphatic carbocycles. The molecule has 0 radical (unpaired) electrons. The van der Waals surface area contributed by atoms with Crippen LogP contribution in [0.15, 0.2) is 195 Å². The zero-order valence-electron chi connectivity index (χ0n) is 34.1. The minimum absolute atomic E-state index is 0.175. The number of nitrogens with zero attached hydrogens (tertiary/aromatic N) is 8. The molecule has 0 unspecified atom stereocenters. The average Bonchev–Trinajstić information content (AvgIpc) is 3.98. The summed E-state index contributed by atoms with van der Waals surface area (Å²) in [5.74, 6) is 2.33. The van der Waals surface area contributed by atoms with Gasteiger partial charge in [0.25, 0.3) is 0 Å². The van der Waals surface area contributed by atoms with Crippen molar-refractivity contribution < 1.29 is 0 Å². The van der Waals surface area contributed by atoms with E-state index < -0.39 is 0 Å². The molecule has 0 aliphatic heterocycles. The number of rotatable bonds is 7. The molecule has 4 heterocycles. The first-order valence-corrected chi connectivity index (χ1v) is 20.8. The number of benzene rings is 7. The lowest BCUT2D eigenvalue weighted by Crippen LogP contribution is -2.17. The molecular weight excluding hydrogens is 761 g/mol. The molecule has 0 spiro atoms. The van der Waals surface area contributed by atoms with E-state index in [9.17, 15) is 0 Å². The Morgan fingerprint density at radius 3 is 1.82 bits per heavy atom.